The van der Waals surface area contributed by atoms with Gasteiger partial charge in [-0.3, -0.25) is 18.7 Å². The second-order valence-electron chi connectivity index (χ2n) is 7.22. The van der Waals surface area contributed by atoms with Gasteiger partial charge in [0.25, 0.3) is 5.56 Å². The first-order chi connectivity index (χ1) is 15.2. The van der Waals surface area contributed by atoms with Gasteiger partial charge >= 0.3 is 11.7 Å². The molecule has 3 rings (SSSR count). The Bertz CT molecular complexity index is 1340. The number of amides is 1. The lowest BCUT2D eigenvalue weighted by Gasteiger charge is -2.14. The molecule has 0 bridgehead atoms. The zero-order valence-electron chi connectivity index (χ0n) is 18.5. The number of methoxy groups -OCH3 is 1. The molecule has 168 valence electrons. The Balaban J connectivity index is 2.11. The molecule has 0 spiro atoms. The fourth-order valence-electron chi connectivity index (χ4n) is 3.37. The Morgan fingerprint density at radius 3 is 2.53 bits per heavy atom. The molecule has 2 aromatic heterocycles. The summed E-state index contributed by atoms with van der Waals surface area (Å²) in [4.78, 5) is 55.5. The van der Waals surface area contributed by atoms with Crippen LogP contribution in [0.2, 0.25) is 0 Å². The molecule has 0 aliphatic carbocycles. The number of nitrogens with one attached hydrogen (secondary N) is 1. The number of fused-ring (bicyclic) bond motifs is 1. The predicted octanol–water partition coefficient (Wildman–Crippen LogP) is 1.54. The van der Waals surface area contributed by atoms with Crippen molar-refractivity contribution < 1.29 is 19.1 Å². The molecule has 0 radical (unpaired) electrons. The highest BCUT2D eigenvalue weighted by Gasteiger charge is 2.22. The van der Waals surface area contributed by atoms with Crippen LogP contribution >= 0.6 is 0 Å². The number of hydrogen-bond acceptors (Lipinski definition) is 7. The number of esters is 1. The van der Waals surface area contributed by atoms with Gasteiger partial charge in [0.15, 0.2) is 0 Å². The fourth-order valence-corrected chi connectivity index (χ4v) is 3.37. The van der Waals surface area contributed by atoms with Crippen LogP contribution in [-0.2, 0) is 23.1 Å². The molecule has 32 heavy (non-hydrogen) atoms. The van der Waals surface area contributed by atoms with Crippen LogP contribution in [-0.4, -0.2) is 39.7 Å². The molecule has 0 unspecified atom stereocenters. The smallest absolute Gasteiger partial charge is 0.339 e. The van der Waals surface area contributed by atoms with Crippen LogP contribution in [0.15, 0.2) is 33.9 Å². The van der Waals surface area contributed by atoms with Gasteiger partial charge in [-0.25, -0.2) is 14.6 Å². The van der Waals surface area contributed by atoms with Crippen molar-refractivity contribution in [1.29, 1.82) is 0 Å². The summed E-state index contributed by atoms with van der Waals surface area (Å²) >= 11 is 0. The van der Waals surface area contributed by atoms with Gasteiger partial charge < -0.3 is 14.8 Å². The summed E-state index contributed by atoms with van der Waals surface area (Å²) in [6.07, 6.45) is 0. The molecule has 1 amide bonds. The number of carbonyl (C=O) groups excluding carboxylic acids is 2. The Labute approximate surface area is 183 Å². The molecule has 0 atom stereocenters. The second-order valence-corrected chi connectivity index (χ2v) is 7.22. The molecule has 0 saturated heterocycles. The number of rotatable bonds is 6. The van der Waals surface area contributed by atoms with Crippen molar-refractivity contribution in [3.8, 4) is 5.75 Å². The van der Waals surface area contributed by atoms with Crippen molar-refractivity contribution in [1.82, 2.24) is 14.1 Å². The van der Waals surface area contributed by atoms with Crippen LogP contribution in [0.4, 0.5) is 5.69 Å². The van der Waals surface area contributed by atoms with Gasteiger partial charge in [0, 0.05) is 12.7 Å². The second kappa shape index (κ2) is 9.04. The first-order valence-corrected chi connectivity index (χ1v) is 9.90. The van der Waals surface area contributed by atoms with Crippen LogP contribution in [0.25, 0.3) is 11.0 Å². The zero-order valence-corrected chi connectivity index (χ0v) is 18.5. The molecule has 0 fully saturated rings. The van der Waals surface area contributed by atoms with Crippen LogP contribution in [0.5, 0.6) is 5.75 Å². The van der Waals surface area contributed by atoms with E-state index in [1.807, 2.05) is 13.0 Å². The lowest BCUT2D eigenvalue weighted by atomic mass is 10.1. The van der Waals surface area contributed by atoms with Crippen LogP contribution in [0.1, 0.15) is 28.5 Å². The highest BCUT2D eigenvalue weighted by molar-refractivity contribution is 6.02. The van der Waals surface area contributed by atoms with Gasteiger partial charge in [-0.2, -0.15) is 0 Å². The minimum Gasteiger partial charge on any atom is -0.495 e. The molecule has 10 heteroatoms. The molecular weight excluding hydrogens is 416 g/mol. The number of aryl methyl sites for hydroxylation is 3. The van der Waals surface area contributed by atoms with Crippen molar-refractivity contribution in [2.24, 2.45) is 7.05 Å². The zero-order chi connectivity index (χ0) is 23.6. The van der Waals surface area contributed by atoms with Gasteiger partial charge in [0.1, 0.15) is 17.9 Å². The van der Waals surface area contributed by atoms with Crippen molar-refractivity contribution in [2.45, 2.75) is 27.3 Å². The molecule has 10 nitrogen and oxygen atoms in total. The van der Waals surface area contributed by atoms with Gasteiger partial charge in [-0.15, -0.1) is 0 Å². The Kier molecular flexibility index (Phi) is 6.42. The monoisotopic (exact) mass is 440 g/mol. The number of hydrogen-bond donors (Lipinski definition) is 1. The number of benzene rings is 1. The topological polar surface area (TPSA) is 122 Å². The minimum atomic E-state index is -0.801. The minimum absolute atomic E-state index is 0.00976. The SMILES string of the molecule is CCOC(=O)c1cc(C)nc2c1c(=O)n(CC(=O)Nc1cc(C)ccc1OC)c(=O)n2C. The van der Waals surface area contributed by atoms with E-state index in [1.54, 1.807) is 26.0 Å². The third-order valence-electron chi connectivity index (χ3n) is 4.85. The van der Waals surface area contributed by atoms with E-state index in [4.69, 9.17) is 9.47 Å². The maximum absolute atomic E-state index is 13.2. The van der Waals surface area contributed by atoms with E-state index in [9.17, 15) is 19.2 Å². The highest BCUT2D eigenvalue weighted by atomic mass is 16.5. The summed E-state index contributed by atoms with van der Waals surface area (Å²) in [6.45, 7) is 4.69. The molecule has 0 aliphatic heterocycles. The number of ether oxygens (including phenoxy) is 2. The third kappa shape index (κ3) is 4.25. The summed E-state index contributed by atoms with van der Waals surface area (Å²) in [5.74, 6) is -0.878. The lowest BCUT2D eigenvalue weighted by molar-refractivity contribution is -0.116. The van der Waals surface area contributed by atoms with E-state index in [0.717, 1.165) is 14.7 Å². The van der Waals surface area contributed by atoms with E-state index >= 15 is 0 Å². The first-order valence-electron chi connectivity index (χ1n) is 9.90. The predicted molar refractivity (Wildman–Crippen MR) is 118 cm³/mol. The molecular formula is C22H24N4O6. The van der Waals surface area contributed by atoms with Gasteiger partial charge in [-0.05, 0) is 44.5 Å². The van der Waals surface area contributed by atoms with Crippen molar-refractivity contribution >= 4 is 28.6 Å². The summed E-state index contributed by atoms with van der Waals surface area (Å²) in [6, 6.07) is 6.66. The van der Waals surface area contributed by atoms with Crippen LogP contribution in [0, 0.1) is 13.8 Å². The maximum Gasteiger partial charge on any atom is 0.339 e. The number of anilines is 1. The van der Waals surface area contributed by atoms with Crippen molar-refractivity contribution in [3.63, 3.8) is 0 Å². The normalized spacial score (nSPS) is 10.8. The summed E-state index contributed by atoms with van der Waals surface area (Å²) in [5.41, 5.74) is 0.237. The van der Waals surface area contributed by atoms with Crippen LogP contribution < -0.4 is 21.3 Å². The summed E-state index contributed by atoms with van der Waals surface area (Å²) in [7, 11) is 2.89. The average molecular weight is 440 g/mol. The van der Waals surface area contributed by atoms with E-state index in [0.29, 0.717) is 17.1 Å². The number of pyridine rings is 1. The average Bonchev–Trinajstić information content (AvgIpc) is 2.75. The largest absolute Gasteiger partial charge is 0.495 e. The van der Waals surface area contributed by atoms with E-state index in [1.165, 1.54) is 20.2 Å². The molecule has 0 aliphatic rings. The maximum atomic E-state index is 13.2. The first kappa shape index (κ1) is 22.7. The number of carbonyl (C=O) groups is 2. The molecule has 1 aromatic carbocycles. The number of nitrogens with zero attached hydrogens (tertiary/aromatic N) is 3. The Hall–Kier alpha value is -3.95. The fraction of sp³-hybridized carbons (Fsp3) is 0.318. The van der Waals surface area contributed by atoms with E-state index in [2.05, 4.69) is 10.3 Å². The van der Waals surface area contributed by atoms with Gasteiger partial charge in [0.2, 0.25) is 5.91 Å². The third-order valence-corrected chi connectivity index (χ3v) is 4.85. The molecule has 0 saturated carbocycles. The highest BCUT2D eigenvalue weighted by Crippen LogP contribution is 2.25. The van der Waals surface area contributed by atoms with Crippen molar-refractivity contribution in [3.05, 3.63) is 61.9 Å². The molecule has 1 N–H and O–H groups in total. The van der Waals surface area contributed by atoms with Crippen LogP contribution in [0.3, 0.4) is 0 Å². The van der Waals surface area contributed by atoms with Gasteiger partial charge in [0.05, 0.1) is 30.4 Å². The number of aromatic nitrogens is 3. The standard InChI is InChI=1S/C22H24N4O6/c1-6-32-21(29)14-10-13(3)23-19-18(14)20(28)26(22(30)25(19)4)11-17(27)24-15-9-12(2)7-8-16(15)31-5/h7-10H,6,11H2,1-5H3,(H,24,27). The summed E-state index contributed by atoms with van der Waals surface area (Å²) < 4.78 is 12.2. The quantitative estimate of drug-likeness (QED) is 0.577. The summed E-state index contributed by atoms with van der Waals surface area (Å²) in [5, 5.41) is 2.57. The van der Waals surface area contributed by atoms with Gasteiger partial charge in [-0.1, -0.05) is 6.07 Å². The Morgan fingerprint density at radius 1 is 1.16 bits per heavy atom. The van der Waals surface area contributed by atoms with E-state index in [-0.39, 0.29) is 23.2 Å². The van der Waals surface area contributed by atoms with E-state index < -0.39 is 29.7 Å². The Morgan fingerprint density at radius 2 is 1.88 bits per heavy atom. The molecule has 3 aromatic rings. The lowest BCUT2D eigenvalue weighted by Crippen LogP contribution is -2.42. The van der Waals surface area contributed by atoms with Crippen molar-refractivity contribution in [2.75, 3.05) is 19.0 Å². The molecule has 2 heterocycles.